The molecule has 0 aliphatic carbocycles. The molecule has 0 atom stereocenters. The van der Waals surface area contributed by atoms with Gasteiger partial charge in [-0.15, -0.1) is 0 Å². The van der Waals surface area contributed by atoms with Crippen LogP contribution in [0, 0.1) is 0 Å². The van der Waals surface area contributed by atoms with Gasteiger partial charge in [-0.05, 0) is 39.0 Å². The third kappa shape index (κ3) is 3.28. The van der Waals surface area contributed by atoms with E-state index in [2.05, 4.69) is 15.9 Å². The molecule has 6 heteroatoms. The number of benzene rings is 1. The van der Waals surface area contributed by atoms with Crippen LogP contribution in [-0.2, 0) is 4.79 Å². The number of likely N-dealkylation sites (N-methyl/N-ethyl adjacent to an activating group) is 1. The Labute approximate surface area is 125 Å². The molecule has 19 heavy (non-hydrogen) atoms. The highest BCUT2D eigenvalue weighted by Crippen LogP contribution is 2.25. The van der Waals surface area contributed by atoms with Gasteiger partial charge < -0.3 is 10.0 Å². The molecule has 0 aliphatic heterocycles. The maximum absolute atomic E-state index is 12.5. The first-order valence-corrected chi connectivity index (χ1v) is 6.89. The predicted octanol–water partition coefficient (Wildman–Crippen LogP) is 3.43. The molecule has 0 radical (unpaired) electrons. The first kappa shape index (κ1) is 16.0. The van der Waals surface area contributed by atoms with Gasteiger partial charge in [-0.25, -0.2) is 4.79 Å². The molecule has 0 saturated carbocycles. The Balaban J connectivity index is 3.23. The third-order valence-corrected chi connectivity index (χ3v) is 3.74. The van der Waals surface area contributed by atoms with Crippen molar-refractivity contribution in [2.45, 2.75) is 26.3 Å². The molecular formula is C13H15BrClNO3. The lowest BCUT2D eigenvalue weighted by atomic mass is 10.0. The minimum Gasteiger partial charge on any atom is -0.480 e. The Morgan fingerprint density at radius 1 is 1.42 bits per heavy atom. The monoisotopic (exact) mass is 347 g/mol. The van der Waals surface area contributed by atoms with Gasteiger partial charge in [0.05, 0.1) is 10.6 Å². The van der Waals surface area contributed by atoms with E-state index >= 15 is 0 Å². The topological polar surface area (TPSA) is 57.6 Å². The number of carbonyl (C=O) groups excluding carboxylic acids is 1. The van der Waals surface area contributed by atoms with Crippen molar-refractivity contribution < 1.29 is 14.7 Å². The highest BCUT2D eigenvalue weighted by Gasteiger charge is 2.37. The number of carbonyl (C=O) groups is 2. The molecule has 1 amide bonds. The van der Waals surface area contributed by atoms with E-state index in [-0.39, 0.29) is 12.1 Å². The lowest BCUT2D eigenvalue weighted by molar-refractivity contribution is -0.147. The van der Waals surface area contributed by atoms with Crippen LogP contribution in [0.3, 0.4) is 0 Å². The van der Waals surface area contributed by atoms with Crippen LogP contribution in [0.2, 0.25) is 5.02 Å². The highest BCUT2D eigenvalue weighted by atomic mass is 79.9. The van der Waals surface area contributed by atoms with E-state index in [0.717, 1.165) is 0 Å². The molecule has 1 aromatic carbocycles. The number of carboxylic acids is 1. The van der Waals surface area contributed by atoms with Crippen molar-refractivity contribution in [1.82, 2.24) is 4.90 Å². The second-order valence-corrected chi connectivity index (χ2v) is 5.86. The molecule has 1 aromatic rings. The molecule has 0 spiro atoms. The summed E-state index contributed by atoms with van der Waals surface area (Å²) in [6.07, 6.45) is 0. The van der Waals surface area contributed by atoms with Crippen molar-refractivity contribution >= 4 is 39.4 Å². The summed E-state index contributed by atoms with van der Waals surface area (Å²) in [5, 5.41) is 9.53. The highest BCUT2D eigenvalue weighted by molar-refractivity contribution is 9.10. The standard InChI is InChI=1S/C13H15BrClNO3/c1-4-16(13(2,3)12(18)19)11(17)9-7-8(14)5-6-10(9)15/h5-7H,4H2,1-3H3,(H,18,19). The minimum absolute atomic E-state index is 0.279. The van der Waals surface area contributed by atoms with Gasteiger partial charge >= 0.3 is 5.97 Å². The SMILES string of the molecule is CCN(C(=O)c1cc(Br)ccc1Cl)C(C)(C)C(=O)O. The zero-order valence-electron chi connectivity index (χ0n) is 10.9. The molecule has 4 nitrogen and oxygen atoms in total. The van der Waals surface area contributed by atoms with E-state index in [1.807, 2.05) is 0 Å². The summed E-state index contributed by atoms with van der Waals surface area (Å²) in [4.78, 5) is 25.0. The van der Waals surface area contributed by atoms with Crippen LogP contribution in [0.1, 0.15) is 31.1 Å². The van der Waals surface area contributed by atoms with Gasteiger partial charge in [0.15, 0.2) is 0 Å². The molecule has 0 unspecified atom stereocenters. The second kappa shape index (κ2) is 5.92. The van der Waals surface area contributed by atoms with Gasteiger partial charge in [-0.3, -0.25) is 4.79 Å². The number of rotatable bonds is 4. The molecule has 104 valence electrons. The van der Waals surface area contributed by atoms with Gasteiger partial charge in [0.2, 0.25) is 0 Å². The van der Waals surface area contributed by atoms with Crippen molar-refractivity contribution in [2.24, 2.45) is 0 Å². The Morgan fingerprint density at radius 3 is 2.47 bits per heavy atom. The van der Waals surface area contributed by atoms with Gasteiger partial charge in [-0.2, -0.15) is 0 Å². The van der Waals surface area contributed by atoms with Crippen molar-refractivity contribution in [3.63, 3.8) is 0 Å². The number of hydrogen-bond donors (Lipinski definition) is 1. The fourth-order valence-corrected chi connectivity index (χ4v) is 2.27. The summed E-state index contributed by atoms with van der Waals surface area (Å²) < 4.78 is 0.712. The zero-order valence-corrected chi connectivity index (χ0v) is 13.2. The van der Waals surface area contributed by atoms with Gasteiger partial charge in [0, 0.05) is 11.0 Å². The normalized spacial score (nSPS) is 11.2. The maximum atomic E-state index is 12.5. The van der Waals surface area contributed by atoms with Crippen LogP contribution >= 0.6 is 27.5 Å². The lowest BCUT2D eigenvalue weighted by Gasteiger charge is -2.34. The molecule has 0 aliphatic rings. The van der Waals surface area contributed by atoms with E-state index in [0.29, 0.717) is 9.50 Å². The number of halogens is 2. The van der Waals surface area contributed by atoms with Gasteiger partial charge in [0.25, 0.3) is 5.91 Å². The molecule has 1 N–H and O–H groups in total. The summed E-state index contributed by atoms with van der Waals surface area (Å²) in [5.74, 6) is -1.46. The second-order valence-electron chi connectivity index (χ2n) is 4.54. The van der Waals surface area contributed by atoms with Crippen LogP contribution in [0.4, 0.5) is 0 Å². The van der Waals surface area contributed by atoms with Crippen LogP contribution in [0.15, 0.2) is 22.7 Å². The fraction of sp³-hybridized carbons (Fsp3) is 0.385. The molecular weight excluding hydrogens is 334 g/mol. The van der Waals surface area contributed by atoms with Crippen LogP contribution < -0.4 is 0 Å². The average Bonchev–Trinajstić information content (AvgIpc) is 2.32. The summed E-state index contributed by atoms with van der Waals surface area (Å²) >= 11 is 9.28. The largest absolute Gasteiger partial charge is 0.480 e. The summed E-state index contributed by atoms with van der Waals surface area (Å²) in [5.41, 5.74) is -1.01. The maximum Gasteiger partial charge on any atom is 0.329 e. The van der Waals surface area contributed by atoms with E-state index in [4.69, 9.17) is 11.6 Å². The molecule has 0 bridgehead atoms. The quantitative estimate of drug-likeness (QED) is 0.907. The summed E-state index contributed by atoms with van der Waals surface area (Å²) in [6.45, 7) is 4.99. The summed E-state index contributed by atoms with van der Waals surface area (Å²) in [6, 6.07) is 4.91. The Hall–Kier alpha value is -1.07. The number of hydrogen-bond acceptors (Lipinski definition) is 2. The van der Waals surface area contributed by atoms with Crippen molar-refractivity contribution in [3.8, 4) is 0 Å². The van der Waals surface area contributed by atoms with E-state index < -0.39 is 17.4 Å². The van der Waals surface area contributed by atoms with Crippen LogP contribution in [0.25, 0.3) is 0 Å². The molecule has 0 fully saturated rings. The Bertz CT molecular complexity index is 517. The van der Waals surface area contributed by atoms with Gasteiger partial charge in [0.1, 0.15) is 5.54 Å². The van der Waals surface area contributed by atoms with Crippen LogP contribution in [0.5, 0.6) is 0 Å². The third-order valence-electron chi connectivity index (χ3n) is 2.92. The smallest absolute Gasteiger partial charge is 0.329 e. The number of carboxylic acid groups (broad SMARTS) is 1. The van der Waals surface area contributed by atoms with E-state index in [1.54, 1.807) is 25.1 Å². The first-order valence-electron chi connectivity index (χ1n) is 5.72. The predicted molar refractivity (Wildman–Crippen MR) is 77.6 cm³/mol. The first-order chi connectivity index (χ1) is 8.71. The number of nitrogens with zero attached hydrogens (tertiary/aromatic N) is 1. The molecule has 0 aromatic heterocycles. The summed E-state index contributed by atoms with van der Waals surface area (Å²) in [7, 11) is 0. The fourth-order valence-electron chi connectivity index (χ4n) is 1.71. The van der Waals surface area contributed by atoms with Crippen LogP contribution in [-0.4, -0.2) is 34.0 Å². The number of amides is 1. The van der Waals surface area contributed by atoms with E-state index in [1.165, 1.54) is 18.7 Å². The Kier molecular flexibility index (Phi) is 4.98. The van der Waals surface area contributed by atoms with Crippen molar-refractivity contribution in [3.05, 3.63) is 33.3 Å². The van der Waals surface area contributed by atoms with Crippen molar-refractivity contribution in [1.29, 1.82) is 0 Å². The minimum atomic E-state index is -1.29. The molecule has 1 rings (SSSR count). The lowest BCUT2D eigenvalue weighted by Crippen LogP contribution is -2.53. The molecule has 0 saturated heterocycles. The number of aliphatic carboxylic acids is 1. The van der Waals surface area contributed by atoms with Crippen molar-refractivity contribution in [2.75, 3.05) is 6.54 Å². The average molecular weight is 349 g/mol. The molecule has 0 heterocycles. The van der Waals surface area contributed by atoms with Gasteiger partial charge in [-0.1, -0.05) is 27.5 Å². The van der Waals surface area contributed by atoms with E-state index in [9.17, 15) is 14.7 Å². The zero-order chi connectivity index (χ0) is 14.8. The Morgan fingerprint density at radius 2 is 2.00 bits per heavy atom.